The molecule has 3 nitrogen and oxygen atoms in total. The van der Waals surface area contributed by atoms with Crippen LogP contribution in [0.1, 0.15) is 10.4 Å². The van der Waals surface area contributed by atoms with Gasteiger partial charge in [0.1, 0.15) is 17.1 Å². The Kier molecular flexibility index (Phi) is 4.96. The molecule has 0 amide bonds. The van der Waals surface area contributed by atoms with Gasteiger partial charge in [-0.05, 0) is 40.2 Å². The third kappa shape index (κ3) is 3.47. The van der Waals surface area contributed by atoms with Gasteiger partial charge in [-0.25, -0.2) is 4.79 Å². The van der Waals surface area contributed by atoms with E-state index in [-0.39, 0.29) is 17.1 Å². The summed E-state index contributed by atoms with van der Waals surface area (Å²) in [5.41, 5.74) is 0.0308. The van der Waals surface area contributed by atoms with Crippen LogP contribution in [0.25, 0.3) is 0 Å². The van der Waals surface area contributed by atoms with Crippen molar-refractivity contribution in [1.29, 1.82) is 0 Å². The third-order valence-corrected chi connectivity index (χ3v) is 4.35. The second-order valence-corrected chi connectivity index (χ2v) is 6.33. The summed E-state index contributed by atoms with van der Waals surface area (Å²) in [4.78, 5) is 11.2. The molecule has 0 atom stereocenters. The zero-order chi connectivity index (χ0) is 14.9. The molecular weight excluding hydrogens is 435 g/mol. The minimum Gasteiger partial charge on any atom is -0.478 e. The lowest BCUT2D eigenvalue weighted by molar-refractivity contribution is 0.0694. The van der Waals surface area contributed by atoms with Crippen LogP contribution < -0.4 is 4.74 Å². The number of aromatic carboxylic acids is 1. The van der Waals surface area contributed by atoms with E-state index in [1.165, 1.54) is 12.1 Å². The van der Waals surface area contributed by atoms with Crippen molar-refractivity contribution in [2.45, 2.75) is 0 Å². The maximum Gasteiger partial charge on any atom is 0.339 e. The summed E-state index contributed by atoms with van der Waals surface area (Å²) < 4.78 is 6.89. The molecule has 2 aromatic rings. The van der Waals surface area contributed by atoms with Crippen LogP contribution in [0.3, 0.4) is 0 Å². The van der Waals surface area contributed by atoms with Gasteiger partial charge >= 0.3 is 5.97 Å². The minimum atomic E-state index is -1.09. The second kappa shape index (κ2) is 6.35. The predicted molar refractivity (Wildman–Crippen MR) is 85.3 cm³/mol. The summed E-state index contributed by atoms with van der Waals surface area (Å²) in [6, 6.07) is 7.70. The van der Waals surface area contributed by atoms with Gasteiger partial charge in [-0.15, -0.1) is 0 Å². The molecular formula is C13H6Br2Cl2O3. The van der Waals surface area contributed by atoms with Gasteiger partial charge in [0.25, 0.3) is 0 Å². The topological polar surface area (TPSA) is 46.5 Å². The standard InChI is InChI=1S/C13H6Br2Cl2O3/c14-6-1-2-7(13(18)19)11(3-6)20-12-5-9(16)8(15)4-10(12)17/h1-5H,(H,18,19). The van der Waals surface area contributed by atoms with Crippen molar-refractivity contribution >= 4 is 61.0 Å². The highest BCUT2D eigenvalue weighted by Gasteiger charge is 2.15. The van der Waals surface area contributed by atoms with Crippen molar-refractivity contribution in [3.8, 4) is 11.5 Å². The monoisotopic (exact) mass is 438 g/mol. The highest BCUT2D eigenvalue weighted by Crippen LogP contribution is 2.38. The van der Waals surface area contributed by atoms with E-state index in [1.54, 1.807) is 18.2 Å². The van der Waals surface area contributed by atoms with E-state index in [9.17, 15) is 4.79 Å². The molecule has 0 aliphatic rings. The number of halogens is 4. The molecule has 1 N–H and O–H groups in total. The zero-order valence-electron chi connectivity index (χ0n) is 9.66. The van der Waals surface area contributed by atoms with Crippen LogP contribution in [-0.2, 0) is 0 Å². The van der Waals surface area contributed by atoms with Crippen molar-refractivity contribution in [1.82, 2.24) is 0 Å². The quantitative estimate of drug-likeness (QED) is 0.594. The van der Waals surface area contributed by atoms with Crippen LogP contribution >= 0.6 is 55.1 Å². The molecule has 2 rings (SSSR count). The van der Waals surface area contributed by atoms with Crippen LogP contribution in [0.4, 0.5) is 0 Å². The van der Waals surface area contributed by atoms with Gasteiger partial charge in [0.05, 0.1) is 10.0 Å². The number of hydrogen-bond acceptors (Lipinski definition) is 2. The molecule has 7 heteroatoms. The van der Waals surface area contributed by atoms with Crippen LogP contribution in [0, 0.1) is 0 Å². The van der Waals surface area contributed by atoms with E-state index < -0.39 is 5.97 Å². The average Bonchev–Trinajstić information content (AvgIpc) is 2.35. The lowest BCUT2D eigenvalue weighted by atomic mass is 10.2. The molecule has 0 bridgehead atoms. The molecule has 0 aliphatic carbocycles. The highest BCUT2D eigenvalue weighted by atomic mass is 79.9. The predicted octanol–water partition coefficient (Wildman–Crippen LogP) is 6.01. The summed E-state index contributed by atoms with van der Waals surface area (Å²) in [7, 11) is 0. The third-order valence-electron chi connectivity index (χ3n) is 2.37. The highest BCUT2D eigenvalue weighted by molar-refractivity contribution is 9.10. The Morgan fingerprint density at radius 2 is 1.75 bits per heavy atom. The van der Waals surface area contributed by atoms with Crippen molar-refractivity contribution in [2.24, 2.45) is 0 Å². The molecule has 2 aromatic carbocycles. The van der Waals surface area contributed by atoms with Crippen molar-refractivity contribution in [3.63, 3.8) is 0 Å². The van der Waals surface area contributed by atoms with Gasteiger partial charge in [-0.2, -0.15) is 0 Å². The largest absolute Gasteiger partial charge is 0.478 e. The zero-order valence-corrected chi connectivity index (χ0v) is 14.3. The van der Waals surface area contributed by atoms with Crippen LogP contribution in [-0.4, -0.2) is 11.1 Å². The number of ether oxygens (including phenoxy) is 1. The van der Waals surface area contributed by atoms with E-state index in [2.05, 4.69) is 31.9 Å². The molecule has 0 spiro atoms. The normalized spacial score (nSPS) is 10.4. The number of carboxylic acid groups (broad SMARTS) is 1. The van der Waals surface area contributed by atoms with E-state index in [1.807, 2.05) is 0 Å². The smallest absolute Gasteiger partial charge is 0.339 e. The van der Waals surface area contributed by atoms with Crippen LogP contribution in [0.15, 0.2) is 39.3 Å². The van der Waals surface area contributed by atoms with Gasteiger partial charge in [0.2, 0.25) is 0 Å². The van der Waals surface area contributed by atoms with E-state index >= 15 is 0 Å². The minimum absolute atomic E-state index is 0.0308. The molecule has 0 aromatic heterocycles. The van der Waals surface area contributed by atoms with E-state index in [4.69, 9.17) is 33.0 Å². The Bertz CT molecular complexity index is 690. The molecule has 0 fully saturated rings. The van der Waals surface area contributed by atoms with Gasteiger partial charge < -0.3 is 9.84 Å². The lowest BCUT2D eigenvalue weighted by Gasteiger charge is -2.11. The molecule has 0 saturated carbocycles. The Hall–Kier alpha value is -0.750. The first-order valence-corrected chi connectivity index (χ1v) is 7.58. The van der Waals surface area contributed by atoms with Crippen molar-refractivity contribution in [3.05, 3.63) is 54.9 Å². The maximum atomic E-state index is 11.2. The first-order chi connectivity index (χ1) is 9.38. The number of carboxylic acids is 1. The summed E-state index contributed by atoms with van der Waals surface area (Å²) in [5.74, 6) is -0.639. The number of carbonyl (C=O) groups is 1. The van der Waals surface area contributed by atoms with Crippen LogP contribution in [0.5, 0.6) is 11.5 Å². The molecule has 0 radical (unpaired) electrons. The Balaban J connectivity index is 2.47. The fourth-order valence-corrected chi connectivity index (χ4v) is 2.63. The second-order valence-electron chi connectivity index (χ2n) is 3.74. The first kappa shape index (κ1) is 15.6. The molecule has 0 aliphatic heterocycles. The molecule has 0 saturated heterocycles. The van der Waals surface area contributed by atoms with Crippen molar-refractivity contribution < 1.29 is 14.6 Å². The summed E-state index contributed by atoms with van der Waals surface area (Å²) in [6.45, 7) is 0. The van der Waals surface area contributed by atoms with Gasteiger partial charge in [0.15, 0.2) is 0 Å². The molecule has 0 unspecified atom stereocenters. The van der Waals surface area contributed by atoms with Crippen LogP contribution in [0.2, 0.25) is 10.0 Å². The number of rotatable bonds is 3. The number of hydrogen-bond donors (Lipinski definition) is 1. The Morgan fingerprint density at radius 1 is 1.05 bits per heavy atom. The molecule has 20 heavy (non-hydrogen) atoms. The lowest BCUT2D eigenvalue weighted by Crippen LogP contribution is -2.00. The number of benzene rings is 2. The fraction of sp³-hybridized carbons (Fsp3) is 0. The van der Waals surface area contributed by atoms with E-state index in [0.717, 1.165) is 0 Å². The van der Waals surface area contributed by atoms with E-state index in [0.29, 0.717) is 19.0 Å². The Morgan fingerprint density at radius 3 is 2.40 bits per heavy atom. The summed E-state index contributed by atoms with van der Waals surface area (Å²) in [6.07, 6.45) is 0. The summed E-state index contributed by atoms with van der Waals surface area (Å²) in [5, 5.41) is 9.87. The fourth-order valence-electron chi connectivity index (χ4n) is 1.46. The first-order valence-electron chi connectivity index (χ1n) is 5.23. The molecule has 0 heterocycles. The van der Waals surface area contributed by atoms with Crippen molar-refractivity contribution in [2.75, 3.05) is 0 Å². The summed E-state index contributed by atoms with van der Waals surface area (Å²) >= 11 is 18.5. The molecule has 104 valence electrons. The van der Waals surface area contributed by atoms with Gasteiger partial charge in [-0.1, -0.05) is 39.1 Å². The maximum absolute atomic E-state index is 11.2. The van der Waals surface area contributed by atoms with Gasteiger partial charge in [-0.3, -0.25) is 0 Å². The van der Waals surface area contributed by atoms with Gasteiger partial charge in [0, 0.05) is 15.0 Å². The Labute approximate surface area is 141 Å². The average molecular weight is 441 g/mol. The SMILES string of the molecule is O=C(O)c1ccc(Br)cc1Oc1cc(Cl)c(Br)cc1Cl.